The van der Waals surface area contributed by atoms with Gasteiger partial charge in [0.15, 0.2) is 5.65 Å². The van der Waals surface area contributed by atoms with Crippen LogP contribution in [0.5, 0.6) is 0 Å². The minimum Gasteiger partial charge on any atom is -0.353 e. The monoisotopic (exact) mass is 346 g/mol. The number of pyridine rings is 1. The van der Waals surface area contributed by atoms with Gasteiger partial charge in [-0.1, -0.05) is 19.3 Å². The number of imidazole rings is 1. The highest BCUT2D eigenvalue weighted by atomic mass is 32.2. The number of aromatic nitrogens is 3. The van der Waals surface area contributed by atoms with Gasteiger partial charge in [0.25, 0.3) is 0 Å². The molecule has 1 aliphatic carbocycles. The standard InChI is InChI=1S/C18H26N4OS/c1-13(2)20-17(23)12-24-11-16-21-15-9-6-10-19-18(15)22(16)14-7-4-3-5-8-14/h6,9-10,13-14H,3-5,7-8,11-12H2,1-2H3,(H,20,23). The second kappa shape index (κ2) is 8.01. The highest BCUT2D eigenvalue weighted by Gasteiger charge is 2.22. The number of hydrogen-bond donors (Lipinski definition) is 1. The first-order valence-electron chi connectivity index (χ1n) is 8.84. The lowest BCUT2D eigenvalue weighted by Crippen LogP contribution is -2.31. The van der Waals surface area contributed by atoms with Crippen LogP contribution in [0.4, 0.5) is 0 Å². The van der Waals surface area contributed by atoms with Crippen LogP contribution in [-0.2, 0) is 10.5 Å². The first kappa shape index (κ1) is 17.3. The van der Waals surface area contributed by atoms with Crippen molar-refractivity contribution in [2.45, 2.75) is 63.8 Å². The van der Waals surface area contributed by atoms with Gasteiger partial charge >= 0.3 is 0 Å². The number of hydrogen-bond acceptors (Lipinski definition) is 4. The molecule has 0 aromatic carbocycles. The zero-order chi connectivity index (χ0) is 16.9. The van der Waals surface area contributed by atoms with E-state index in [2.05, 4.69) is 14.9 Å². The number of rotatable bonds is 6. The van der Waals surface area contributed by atoms with E-state index in [-0.39, 0.29) is 11.9 Å². The molecular weight excluding hydrogens is 320 g/mol. The molecule has 0 atom stereocenters. The van der Waals surface area contributed by atoms with Crippen molar-refractivity contribution in [3.63, 3.8) is 0 Å². The third kappa shape index (κ3) is 4.09. The van der Waals surface area contributed by atoms with Gasteiger partial charge in [0.2, 0.25) is 5.91 Å². The van der Waals surface area contributed by atoms with Crippen molar-refractivity contribution in [1.82, 2.24) is 19.9 Å². The maximum absolute atomic E-state index is 11.8. The van der Waals surface area contributed by atoms with E-state index in [1.807, 2.05) is 32.2 Å². The second-order valence-electron chi connectivity index (χ2n) is 6.75. The quantitative estimate of drug-likeness (QED) is 0.866. The Bertz CT molecular complexity index is 691. The summed E-state index contributed by atoms with van der Waals surface area (Å²) in [5, 5.41) is 2.93. The van der Waals surface area contributed by atoms with E-state index >= 15 is 0 Å². The average molecular weight is 347 g/mol. The van der Waals surface area contributed by atoms with Crippen molar-refractivity contribution in [2.75, 3.05) is 5.75 Å². The predicted octanol–water partition coefficient (Wildman–Crippen LogP) is 3.69. The SMILES string of the molecule is CC(C)NC(=O)CSCc1nc2cccnc2n1C1CCCCC1. The highest BCUT2D eigenvalue weighted by Crippen LogP contribution is 2.32. The topological polar surface area (TPSA) is 59.8 Å². The fourth-order valence-electron chi connectivity index (χ4n) is 3.40. The van der Waals surface area contributed by atoms with Crippen LogP contribution in [0.1, 0.15) is 57.8 Å². The van der Waals surface area contributed by atoms with Crippen LogP contribution in [0.15, 0.2) is 18.3 Å². The van der Waals surface area contributed by atoms with Gasteiger partial charge in [-0.15, -0.1) is 11.8 Å². The van der Waals surface area contributed by atoms with E-state index < -0.39 is 0 Å². The first-order valence-corrected chi connectivity index (χ1v) is 9.99. The predicted molar refractivity (Wildman–Crippen MR) is 99.1 cm³/mol. The molecule has 0 bridgehead atoms. The number of thioether (sulfide) groups is 1. The zero-order valence-corrected chi connectivity index (χ0v) is 15.3. The van der Waals surface area contributed by atoms with Crippen LogP contribution in [0.2, 0.25) is 0 Å². The summed E-state index contributed by atoms with van der Waals surface area (Å²) in [6.07, 6.45) is 8.13. The number of carbonyl (C=O) groups excluding carboxylic acids is 1. The fraction of sp³-hybridized carbons (Fsp3) is 0.611. The van der Waals surface area contributed by atoms with Crippen LogP contribution in [0.3, 0.4) is 0 Å². The molecule has 0 spiro atoms. The molecule has 1 fully saturated rings. The molecule has 1 saturated carbocycles. The summed E-state index contributed by atoms with van der Waals surface area (Å²) in [6.45, 7) is 3.97. The molecule has 0 radical (unpaired) electrons. The number of carbonyl (C=O) groups is 1. The van der Waals surface area contributed by atoms with Gasteiger partial charge in [-0.25, -0.2) is 9.97 Å². The molecule has 2 heterocycles. The number of nitrogens with zero attached hydrogens (tertiary/aromatic N) is 3. The molecule has 3 rings (SSSR count). The molecule has 0 unspecified atom stereocenters. The van der Waals surface area contributed by atoms with E-state index in [1.165, 1.54) is 32.1 Å². The molecule has 0 saturated heterocycles. The van der Waals surface area contributed by atoms with Gasteiger partial charge in [-0.3, -0.25) is 4.79 Å². The molecule has 1 N–H and O–H groups in total. The summed E-state index contributed by atoms with van der Waals surface area (Å²) < 4.78 is 2.34. The van der Waals surface area contributed by atoms with Crippen molar-refractivity contribution >= 4 is 28.8 Å². The Balaban J connectivity index is 1.75. The van der Waals surface area contributed by atoms with Gasteiger partial charge in [-0.2, -0.15) is 0 Å². The molecule has 24 heavy (non-hydrogen) atoms. The summed E-state index contributed by atoms with van der Waals surface area (Å²) in [5.41, 5.74) is 1.96. The van der Waals surface area contributed by atoms with Crippen LogP contribution >= 0.6 is 11.8 Å². The smallest absolute Gasteiger partial charge is 0.230 e. The van der Waals surface area contributed by atoms with Crippen molar-refractivity contribution in [3.8, 4) is 0 Å². The molecule has 5 nitrogen and oxygen atoms in total. The van der Waals surface area contributed by atoms with Gasteiger partial charge in [0.05, 0.1) is 11.5 Å². The largest absolute Gasteiger partial charge is 0.353 e. The van der Waals surface area contributed by atoms with Crippen molar-refractivity contribution < 1.29 is 4.79 Å². The van der Waals surface area contributed by atoms with Crippen molar-refractivity contribution in [1.29, 1.82) is 0 Å². The zero-order valence-electron chi connectivity index (χ0n) is 14.5. The Labute approximate surface area is 147 Å². The maximum atomic E-state index is 11.8. The Morgan fingerprint density at radius 1 is 1.38 bits per heavy atom. The third-order valence-corrected chi connectivity index (χ3v) is 5.30. The van der Waals surface area contributed by atoms with E-state index in [0.29, 0.717) is 11.8 Å². The summed E-state index contributed by atoms with van der Waals surface area (Å²) in [4.78, 5) is 21.2. The van der Waals surface area contributed by atoms with E-state index in [0.717, 1.165) is 22.7 Å². The Morgan fingerprint density at radius 2 is 2.17 bits per heavy atom. The second-order valence-corrected chi connectivity index (χ2v) is 7.74. The molecule has 0 aliphatic heterocycles. The minimum absolute atomic E-state index is 0.0912. The first-order chi connectivity index (χ1) is 11.6. The minimum atomic E-state index is 0.0912. The Morgan fingerprint density at radius 3 is 2.92 bits per heavy atom. The lowest BCUT2D eigenvalue weighted by molar-refractivity contribution is -0.119. The number of amides is 1. The molecule has 130 valence electrons. The van der Waals surface area contributed by atoms with Crippen LogP contribution in [0.25, 0.3) is 11.2 Å². The highest BCUT2D eigenvalue weighted by molar-refractivity contribution is 7.99. The number of nitrogens with one attached hydrogen (secondary N) is 1. The molecule has 1 aliphatic rings. The van der Waals surface area contributed by atoms with Crippen LogP contribution in [0, 0.1) is 0 Å². The van der Waals surface area contributed by atoms with Crippen molar-refractivity contribution in [2.24, 2.45) is 0 Å². The Kier molecular flexibility index (Phi) is 5.76. The van der Waals surface area contributed by atoms with Gasteiger partial charge < -0.3 is 9.88 Å². The van der Waals surface area contributed by atoms with Crippen molar-refractivity contribution in [3.05, 3.63) is 24.2 Å². The molecule has 6 heteroatoms. The lowest BCUT2D eigenvalue weighted by Gasteiger charge is -2.25. The van der Waals surface area contributed by atoms with Crippen LogP contribution < -0.4 is 5.32 Å². The molecule has 2 aromatic rings. The van der Waals surface area contributed by atoms with E-state index in [9.17, 15) is 4.79 Å². The van der Waals surface area contributed by atoms with E-state index in [1.54, 1.807) is 11.8 Å². The molecule has 1 amide bonds. The lowest BCUT2D eigenvalue weighted by atomic mass is 9.95. The summed E-state index contributed by atoms with van der Waals surface area (Å²) >= 11 is 1.63. The van der Waals surface area contributed by atoms with E-state index in [4.69, 9.17) is 4.98 Å². The summed E-state index contributed by atoms with van der Waals surface area (Å²) in [5.74, 6) is 2.36. The summed E-state index contributed by atoms with van der Waals surface area (Å²) in [7, 11) is 0. The maximum Gasteiger partial charge on any atom is 0.230 e. The number of fused-ring (bicyclic) bond motifs is 1. The van der Waals surface area contributed by atoms with Gasteiger partial charge in [0, 0.05) is 18.3 Å². The molecular formula is C18H26N4OS. The van der Waals surface area contributed by atoms with Gasteiger partial charge in [0.1, 0.15) is 11.3 Å². The summed E-state index contributed by atoms with van der Waals surface area (Å²) in [6, 6.07) is 4.65. The Hall–Kier alpha value is -1.56. The molecule has 2 aromatic heterocycles. The van der Waals surface area contributed by atoms with Crippen LogP contribution in [-0.4, -0.2) is 32.2 Å². The normalized spacial score (nSPS) is 16.0. The fourth-order valence-corrected chi connectivity index (χ4v) is 4.16. The average Bonchev–Trinajstić information content (AvgIpc) is 2.93. The third-order valence-electron chi connectivity index (χ3n) is 4.38. The van der Waals surface area contributed by atoms with Gasteiger partial charge in [-0.05, 0) is 38.8 Å².